The first-order chi connectivity index (χ1) is 7.09. The van der Waals surface area contributed by atoms with Crippen molar-refractivity contribution in [2.75, 3.05) is 0 Å². The number of hydrogen-bond donors (Lipinski definition) is 2. The van der Waals surface area contributed by atoms with Gasteiger partial charge < -0.3 is 10.8 Å². The quantitative estimate of drug-likeness (QED) is 0.542. The Labute approximate surface area is 91.4 Å². The summed E-state index contributed by atoms with van der Waals surface area (Å²) in [4.78, 5) is 10.3. The molecule has 0 aromatic heterocycles. The smallest absolute Gasteiger partial charge is 0.303 e. The van der Waals surface area contributed by atoms with E-state index < -0.39 is 5.97 Å². The number of allylic oxidation sites excluding steroid dienone is 1. The predicted octanol–water partition coefficient (Wildman–Crippen LogP) is 2.46. The average Bonchev–Trinajstić information content (AvgIpc) is 2.14. The molecule has 0 aliphatic heterocycles. The highest BCUT2D eigenvalue weighted by Gasteiger charge is 2.14. The number of nitrogens with two attached hydrogens (primary N) is 1. The normalized spacial score (nSPS) is 21.9. The van der Waals surface area contributed by atoms with E-state index in [1.54, 1.807) is 0 Å². The van der Waals surface area contributed by atoms with Gasteiger partial charge in [-0.25, -0.2) is 0 Å². The highest BCUT2D eigenvalue weighted by atomic mass is 16.4. The van der Waals surface area contributed by atoms with Gasteiger partial charge in [0.1, 0.15) is 0 Å². The maximum atomic E-state index is 10.3. The summed E-state index contributed by atoms with van der Waals surface area (Å²) in [5.41, 5.74) is 8.82. The van der Waals surface area contributed by atoms with Crippen molar-refractivity contribution in [3.05, 3.63) is 11.1 Å². The minimum Gasteiger partial charge on any atom is -0.481 e. The molecule has 0 spiro atoms. The number of carboxylic acids is 1. The second-order valence-electron chi connectivity index (χ2n) is 4.49. The molecule has 0 aromatic carbocycles. The Hall–Kier alpha value is -0.830. The molecule has 3 N–H and O–H groups in total. The van der Waals surface area contributed by atoms with Crippen molar-refractivity contribution < 1.29 is 9.90 Å². The van der Waals surface area contributed by atoms with Gasteiger partial charge in [0.2, 0.25) is 0 Å². The van der Waals surface area contributed by atoms with E-state index in [0.717, 1.165) is 38.5 Å². The lowest BCUT2D eigenvalue weighted by molar-refractivity contribution is -0.137. The van der Waals surface area contributed by atoms with Crippen LogP contribution in [0.1, 0.15) is 51.9 Å². The molecule has 1 unspecified atom stereocenters. The zero-order valence-electron chi connectivity index (χ0n) is 9.46. The molecule has 0 fully saturated rings. The van der Waals surface area contributed by atoms with Crippen LogP contribution in [0.3, 0.4) is 0 Å². The topological polar surface area (TPSA) is 63.3 Å². The van der Waals surface area contributed by atoms with Gasteiger partial charge in [-0.3, -0.25) is 4.79 Å². The molecular formula is C12H21NO2. The van der Waals surface area contributed by atoms with Crippen molar-refractivity contribution in [1.82, 2.24) is 0 Å². The summed E-state index contributed by atoms with van der Waals surface area (Å²) in [7, 11) is 0. The number of carbonyl (C=O) groups is 1. The van der Waals surface area contributed by atoms with Crippen molar-refractivity contribution in [3.8, 4) is 0 Å². The van der Waals surface area contributed by atoms with Crippen LogP contribution >= 0.6 is 0 Å². The zero-order valence-corrected chi connectivity index (χ0v) is 9.46. The van der Waals surface area contributed by atoms with Gasteiger partial charge in [-0.2, -0.15) is 0 Å². The van der Waals surface area contributed by atoms with Crippen molar-refractivity contribution in [2.24, 2.45) is 5.73 Å². The first-order valence-corrected chi connectivity index (χ1v) is 5.74. The first-order valence-electron chi connectivity index (χ1n) is 5.74. The van der Waals surface area contributed by atoms with Crippen LogP contribution in [0.5, 0.6) is 0 Å². The van der Waals surface area contributed by atoms with E-state index in [4.69, 9.17) is 10.8 Å². The van der Waals surface area contributed by atoms with Gasteiger partial charge in [0.05, 0.1) is 0 Å². The Morgan fingerprint density at radius 3 is 2.87 bits per heavy atom. The highest BCUT2D eigenvalue weighted by Crippen LogP contribution is 2.27. The van der Waals surface area contributed by atoms with Crippen LogP contribution in [0, 0.1) is 0 Å². The fourth-order valence-electron chi connectivity index (χ4n) is 2.17. The minimum absolute atomic E-state index is 0.297. The molecule has 0 heterocycles. The molecule has 1 rings (SSSR count). The molecule has 15 heavy (non-hydrogen) atoms. The number of rotatable bonds is 5. The van der Waals surface area contributed by atoms with Gasteiger partial charge in [-0.05, 0) is 45.4 Å². The average molecular weight is 211 g/mol. The fourth-order valence-corrected chi connectivity index (χ4v) is 2.17. The maximum absolute atomic E-state index is 10.3. The van der Waals surface area contributed by atoms with Crippen molar-refractivity contribution in [2.45, 2.75) is 57.9 Å². The number of hydrogen-bond acceptors (Lipinski definition) is 2. The van der Waals surface area contributed by atoms with E-state index in [0.29, 0.717) is 12.5 Å². The van der Waals surface area contributed by atoms with Gasteiger partial charge in [-0.1, -0.05) is 11.1 Å². The van der Waals surface area contributed by atoms with E-state index >= 15 is 0 Å². The van der Waals surface area contributed by atoms with Crippen LogP contribution in [0.2, 0.25) is 0 Å². The number of aliphatic carboxylic acids is 1. The standard InChI is InChI=1S/C12H21NO2/c1-9-8-11(13)7-6-10(9)4-2-3-5-12(14)15/h11H,2-8,13H2,1H3,(H,14,15). The van der Waals surface area contributed by atoms with Crippen LogP contribution in [0.15, 0.2) is 11.1 Å². The first kappa shape index (κ1) is 12.2. The highest BCUT2D eigenvalue weighted by molar-refractivity contribution is 5.66. The summed E-state index contributed by atoms with van der Waals surface area (Å²) in [6.45, 7) is 2.16. The van der Waals surface area contributed by atoms with E-state index in [2.05, 4.69) is 6.92 Å². The SMILES string of the molecule is CC1=C(CCCCC(=O)O)CCC(N)C1. The van der Waals surface area contributed by atoms with Crippen LogP contribution in [-0.2, 0) is 4.79 Å². The van der Waals surface area contributed by atoms with Crippen LogP contribution in [0.25, 0.3) is 0 Å². The Bertz CT molecular complexity index is 258. The lowest BCUT2D eigenvalue weighted by Gasteiger charge is -2.22. The summed E-state index contributed by atoms with van der Waals surface area (Å²) < 4.78 is 0. The molecule has 3 nitrogen and oxygen atoms in total. The lowest BCUT2D eigenvalue weighted by Crippen LogP contribution is -2.23. The monoisotopic (exact) mass is 211 g/mol. The van der Waals surface area contributed by atoms with E-state index in [9.17, 15) is 4.79 Å². The van der Waals surface area contributed by atoms with E-state index in [1.165, 1.54) is 11.1 Å². The predicted molar refractivity (Wildman–Crippen MR) is 60.6 cm³/mol. The third-order valence-electron chi connectivity index (χ3n) is 3.11. The molecule has 0 bridgehead atoms. The second-order valence-corrected chi connectivity index (χ2v) is 4.49. The molecule has 3 heteroatoms. The molecule has 1 aliphatic carbocycles. The van der Waals surface area contributed by atoms with Crippen molar-refractivity contribution in [3.63, 3.8) is 0 Å². The van der Waals surface area contributed by atoms with Crippen molar-refractivity contribution in [1.29, 1.82) is 0 Å². The van der Waals surface area contributed by atoms with Gasteiger partial charge in [0.25, 0.3) is 0 Å². The number of carboxylic acid groups (broad SMARTS) is 1. The maximum Gasteiger partial charge on any atom is 0.303 e. The molecule has 1 atom stereocenters. The number of unbranched alkanes of at least 4 members (excludes halogenated alkanes) is 1. The molecule has 1 aliphatic rings. The van der Waals surface area contributed by atoms with Crippen LogP contribution in [-0.4, -0.2) is 17.1 Å². The largest absolute Gasteiger partial charge is 0.481 e. The molecule has 0 saturated carbocycles. The minimum atomic E-state index is -0.689. The van der Waals surface area contributed by atoms with Gasteiger partial charge in [-0.15, -0.1) is 0 Å². The molecule has 86 valence electrons. The lowest BCUT2D eigenvalue weighted by atomic mass is 9.87. The van der Waals surface area contributed by atoms with Crippen molar-refractivity contribution >= 4 is 5.97 Å². The summed E-state index contributed by atoms with van der Waals surface area (Å²) >= 11 is 0. The summed E-state index contributed by atoms with van der Waals surface area (Å²) in [6, 6.07) is 0.341. The summed E-state index contributed by atoms with van der Waals surface area (Å²) in [5.74, 6) is -0.689. The zero-order chi connectivity index (χ0) is 11.3. The van der Waals surface area contributed by atoms with Crippen LogP contribution in [0.4, 0.5) is 0 Å². The van der Waals surface area contributed by atoms with E-state index in [-0.39, 0.29) is 0 Å². The van der Waals surface area contributed by atoms with Gasteiger partial charge in [0.15, 0.2) is 0 Å². The summed E-state index contributed by atoms with van der Waals surface area (Å²) in [5, 5.41) is 8.51. The molecule has 0 saturated heterocycles. The Kier molecular flexibility index (Phi) is 4.82. The van der Waals surface area contributed by atoms with Gasteiger partial charge in [0, 0.05) is 12.5 Å². The molecule has 0 amide bonds. The van der Waals surface area contributed by atoms with Crippen LogP contribution < -0.4 is 5.73 Å². The third kappa shape index (κ3) is 4.47. The Morgan fingerprint density at radius 2 is 2.27 bits per heavy atom. The second kappa shape index (κ2) is 5.91. The molecule has 0 radical (unpaired) electrons. The molecule has 0 aromatic rings. The van der Waals surface area contributed by atoms with E-state index in [1.807, 2.05) is 0 Å². The van der Waals surface area contributed by atoms with Gasteiger partial charge >= 0.3 is 5.97 Å². The molecular weight excluding hydrogens is 190 g/mol. The Balaban J connectivity index is 2.26. The third-order valence-corrected chi connectivity index (χ3v) is 3.11. The summed E-state index contributed by atoms with van der Waals surface area (Å²) in [6.07, 6.45) is 6.37. The Morgan fingerprint density at radius 1 is 1.53 bits per heavy atom. The fraction of sp³-hybridized carbons (Fsp3) is 0.750.